The average Bonchev–Trinajstić information content (AvgIpc) is 2.14. The summed E-state index contributed by atoms with van der Waals surface area (Å²) in [5.74, 6) is 1.75. The maximum atomic E-state index is 11.3. The maximum absolute atomic E-state index is 11.3. The van der Waals surface area contributed by atoms with E-state index in [4.69, 9.17) is 0 Å². The van der Waals surface area contributed by atoms with Gasteiger partial charge in [-0.2, -0.15) is 0 Å². The molecule has 0 unspecified atom stereocenters. The highest BCUT2D eigenvalue weighted by molar-refractivity contribution is 8.14. The van der Waals surface area contributed by atoms with Crippen LogP contribution in [0.4, 0.5) is 0 Å². The van der Waals surface area contributed by atoms with Gasteiger partial charge in [-0.25, -0.2) is 0 Å². The fourth-order valence-electron chi connectivity index (χ4n) is 1.29. The smallest absolute Gasteiger partial charge is 0.188 e. The molecule has 4 heteroatoms. The number of carbonyl (C=O) groups excluding carboxylic acids is 2. The zero-order chi connectivity index (χ0) is 10.2. The van der Waals surface area contributed by atoms with Crippen LogP contribution in [0.25, 0.3) is 0 Å². The van der Waals surface area contributed by atoms with E-state index in [0.717, 1.165) is 37.2 Å². The molecule has 0 N–H and O–H groups in total. The highest BCUT2D eigenvalue weighted by Gasteiger charge is 2.07. The second-order valence-electron chi connectivity index (χ2n) is 3.36. The van der Waals surface area contributed by atoms with Crippen LogP contribution < -0.4 is 0 Å². The third kappa shape index (κ3) is 5.70. The molecule has 80 valence electrons. The summed E-state index contributed by atoms with van der Waals surface area (Å²) in [6, 6.07) is 0. The molecule has 0 aromatic heterocycles. The average molecular weight is 232 g/mol. The largest absolute Gasteiger partial charge is 0.287 e. The third-order valence-electron chi connectivity index (χ3n) is 2.08. The summed E-state index contributed by atoms with van der Waals surface area (Å²) in [5.41, 5.74) is 0. The lowest BCUT2D eigenvalue weighted by Gasteiger charge is -2.04. The minimum absolute atomic E-state index is 0.321. The number of thioether (sulfide) groups is 2. The van der Waals surface area contributed by atoms with E-state index in [9.17, 15) is 9.59 Å². The van der Waals surface area contributed by atoms with E-state index in [1.54, 1.807) is 0 Å². The van der Waals surface area contributed by atoms with Crippen LogP contribution in [0.15, 0.2) is 0 Å². The van der Waals surface area contributed by atoms with Gasteiger partial charge in [-0.05, 0) is 19.3 Å². The predicted octanol–water partition coefficient (Wildman–Crippen LogP) is 2.86. The Morgan fingerprint density at radius 3 is 1.71 bits per heavy atom. The minimum atomic E-state index is 0.321. The molecule has 0 bridgehead atoms. The topological polar surface area (TPSA) is 34.1 Å². The Hall–Kier alpha value is 0.0400. The van der Waals surface area contributed by atoms with Crippen LogP contribution in [0.1, 0.15) is 38.5 Å². The first-order chi connectivity index (χ1) is 6.79. The van der Waals surface area contributed by atoms with Crippen LogP contribution in [-0.2, 0) is 9.59 Å². The third-order valence-corrected chi connectivity index (χ3v) is 4.11. The zero-order valence-electron chi connectivity index (χ0n) is 8.29. The Labute approximate surface area is 93.6 Å². The summed E-state index contributed by atoms with van der Waals surface area (Å²) in [5, 5.41) is 0.642. The van der Waals surface area contributed by atoms with Crippen LogP contribution in [0.2, 0.25) is 0 Å². The first kappa shape index (κ1) is 12.1. The number of hydrogen-bond donors (Lipinski definition) is 0. The molecule has 0 aromatic rings. The van der Waals surface area contributed by atoms with Crippen molar-refractivity contribution in [1.29, 1.82) is 0 Å². The Kier molecular flexibility index (Phi) is 6.36. The summed E-state index contributed by atoms with van der Waals surface area (Å²) < 4.78 is 0. The number of carbonyl (C=O) groups is 2. The molecule has 0 aliphatic carbocycles. The van der Waals surface area contributed by atoms with E-state index < -0.39 is 0 Å². The van der Waals surface area contributed by atoms with Gasteiger partial charge in [0.05, 0.1) is 0 Å². The van der Waals surface area contributed by atoms with Crippen molar-refractivity contribution < 1.29 is 9.59 Å². The van der Waals surface area contributed by atoms with Gasteiger partial charge in [0.2, 0.25) is 0 Å². The van der Waals surface area contributed by atoms with E-state index in [-0.39, 0.29) is 0 Å². The quantitative estimate of drug-likeness (QED) is 0.643. The summed E-state index contributed by atoms with van der Waals surface area (Å²) in [6.07, 6.45) is 5.25. The number of hydrogen-bond acceptors (Lipinski definition) is 4. The van der Waals surface area contributed by atoms with Crippen molar-refractivity contribution in [3.8, 4) is 0 Å². The molecule has 1 rings (SSSR count). The van der Waals surface area contributed by atoms with E-state index in [2.05, 4.69) is 0 Å². The van der Waals surface area contributed by atoms with Gasteiger partial charge in [0.25, 0.3) is 0 Å². The molecular formula is C10H16O2S2. The lowest BCUT2D eigenvalue weighted by atomic mass is 10.2. The molecule has 0 aromatic carbocycles. The second kappa shape index (κ2) is 7.35. The Morgan fingerprint density at radius 2 is 1.21 bits per heavy atom. The highest BCUT2D eigenvalue weighted by Crippen LogP contribution is 2.17. The molecule has 0 amide bonds. The van der Waals surface area contributed by atoms with E-state index in [1.165, 1.54) is 23.5 Å². The lowest BCUT2D eigenvalue weighted by molar-refractivity contribution is -0.111. The predicted molar refractivity (Wildman–Crippen MR) is 62.6 cm³/mol. The molecule has 1 aliphatic heterocycles. The van der Waals surface area contributed by atoms with Gasteiger partial charge in [0.15, 0.2) is 10.2 Å². The van der Waals surface area contributed by atoms with Gasteiger partial charge in [-0.3, -0.25) is 9.59 Å². The molecule has 0 atom stereocenters. The summed E-state index contributed by atoms with van der Waals surface area (Å²) in [6.45, 7) is 0. The van der Waals surface area contributed by atoms with Crippen molar-refractivity contribution in [2.45, 2.75) is 38.5 Å². The fourth-order valence-corrected chi connectivity index (χ4v) is 3.08. The van der Waals surface area contributed by atoms with Crippen molar-refractivity contribution in [1.82, 2.24) is 0 Å². The molecule has 14 heavy (non-hydrogen) atoms. The SMILES string of the molecule is O=C1CCCCCC(=O)SCCCS1. The molecule has 2 nitrogen and oxygen atoms in total. The van der Waals surface area contributed by atoms with Crippen molar-refractivity contribution in [3.63, 3.8) is 0 Å². The second-order valence-corrected chi connectivity index (χ2v) is 5.66. The molecule has 1 aliphatic rings. The monoisotopic (exact) mass is 232 g/mol. The molecule has 1 heterocycles. The Bertz CT molecular complexity index is 166. The van der Waals surface area contributed by atoms with Crippen LogP contribution in [0.5, 0.6) is 0 Å². The standard InChI is InChI=1S/C10H16O2S2/c11-9-5-2-1-3-6-10(12)14-8-4-7-13-9/h1-8H2. The van der Waals surface area contributed by atoms with Crippen molar-refractivity contribution >= 4 is 33.8 Å². The lowest BCUT2D eigenvalue weighted by Crippen LogP contribution is -1.99. The van der Waals surface area contributed by atoms with E-state index in [0.29, 0.717) is 23.1 Å². The molecule has 0 saturated carbocycles. The van der Waals surface area contributed by atoms with Crippen molar-refractivity contribution in [2.24, 2.45) is 0 Å². The van der Waals surface area contributed by atoms with Gasteiger partial charge in [0, 0.05) is 24.3 Å². The van der Waals surface area contributed by atoms with Gasteiger partial charge in [-0.1, -0.05) is 29.9 Å². The minimum Gasteiger partial charge on any atom is -0.287 e. The number of rotatable bonds is 0. The summed E-state index contributed by atoms with van der Waals surface area (Å²) in [7, 11) is 0. The summed E-state index contributed by atoms with van der Waals surface area (Å²) in [4.78, 5) is 22.5. The zero-order valence-corrected chi connectivity index (χ0v) is 9.92. The first-order valence-electron chi connectivity index (χ1n) is 5.10. The van der Waals surface area contributed by atoms with Crippen LogP contribution in [0, 0.1) is 0 Å². The van der Waals surface area contributed by atoms with E-state index in [1.807, 2.05) is 0 Å². The normalized spacial score (nSPS) is 22.6. The molecular weight excluding hydrogens is 216 g/mol. The molecule has 0 radical (unpaired) electrons. The highest BCUT2D eigenvalue weighted by atomic mass is 32.2. The maximum Gasteiger partial charge on any atom is 0.188 e. The Morgan fingerprint density at radius 1 is 0.714 bits per heavy atom. The molecule has 1 fully saturated rings. The Balaban J connectivity index is 2.26. The van der Waals surface area contributed by atoms with Crippen molar-refractivity contribution in [2.75, 3.05) is 11.5 Å². The first-order valence-corrected chi connectivity index (χ1v) is 7.07. The van der Waals surface area contributed by atoms with Gasteiger partial charge >= 0.3 is 0 Å². The van der Waals surface area contributed by atoms with Gasteiger partial charge in [0.1, 0.15) is 0 Å². The molecule has 0 spiro atoms. The van der Waals surface area contributed by atoms with Crippen molar-refractivity contribution in [3.05, 3.63) is 0 Å². The van der Waals surface area contributed by atoms with Crippen LogP contribution in [0.3, 0.4) is 0 Å². The van der Waals surface area contributed by atoms with Crippen LogP contribution >= 0.6 is 23.5 Å². The van der Waals surface area contributed by atoms with Gasteiger partial charge < -0.3 is 0 Å². The molecule has 1 saturated heterocycles. The van der Waals surface area contributed by atoms with Gasteiger partial charge in [-0.15, -0.1) is 0 Å². The van der Waals surface area contributed by atoms with E-state index >= 15 is 0 Å². The van der Waals surface area contributed by atoms with Crippen LogP contribution in [-0.4, -0.2) is 21.7 Å². The summed E-state index contributed by atoms with van der Waals surface area (Å²) >= 11 is 2.86. The fraction of sp³-hybridized carbons (Fsp3) is 0.800.